The van der Waals surface area contributed by atoms with Crippen molar-refractivity contribution in [2.24, 2.45) is 0 Å². The molecular weight excluding hydrogens is 356 g/mol. The fourth-order valence-electron chi connectivity index (χ4n) is 2.76. The number of hydrogen-bond acceptors (Lipinski definition) is 4. The van der Waals surface area contributed by atoms with Crippen LogP contribution in [-0.4, -0.2) is 48.9 Å². The normalized spacial score (nSPS) is 14.4. The van der Waals surface area contributed by atoms with Gasteiger partial charge in [-0.25, -0.2) is 0 Å². The van der Waals surface area contributed by atoms with E-state index < -0.39 is 5.97 Å². The zero-order valence-electron chi connectivity index (χ0n) is 14.8. The van der Waals surface area contributed by atoms with Gasteiger partial charge in [0.1, 0.15) is 0 Å². The lowest BCUT2D eigenvalue weighted by molar-refractivity contribution is -0.152. The van der Waals surface area contributed by atoms with Crippen LogP contribution in [-0.2, 0) is 14.3 Å². The van der Waals surface area contributed by atoms with E-state index in [-0.39, 0.29) is 24.8 Å². The predicted molar refractivity (Wildman–Crippen MR) is 99.0 cm³/mol. The summed E-state index contributed by atoms with van der Waals surface area (Å²) in [6.45, 7) is 1.65. The Bertz CT molecular complexity index is 610. The summed E-state index contributed by atoms with van der Waals surface area (Å²) in [6.07, 6.45) is 4.92. The lowest BCUT2D eigenvalue weighted by Crippen LogP contribution is -2.35. The summed E-state index contributed by atoms with van der Waals surface area (Å²) in [7, 11) is 0. The molecule has 1 aromatic rings. The van der Waals surface area contributed by atoms with Crippen LogP contribution in [0.5, 0.6) is 0 Å². The first-order valence-corrected chi connectivity index (χ1v) is 9.41. The number of rotatable bonds is 7. The Kier molecular flexibility index (Phi) is 8.41. The average molecular weight is 381 g/mol. The average Bonchev–Trinajstić information content (AvgIpc) is 2.93. The first kappa shape index (κ1) is 20.2. The van der Waals surface area contributed by atoms with Crippen LogP contribution >= 0.6 is 11.6 Å². The number of nitrogens with zero attached hydrogens (tertiary/aromatic N) is 1. The molecule has 1 saturated heterocycles. The molecule has 7 heteroatoms. The fourth-order valence-corrected chi connectivity index (χ4v) is 2.89. The number of ether oxygens (including phenoxy) is 1. The molecule has 1 fully saturated rings. The number of benzene rings is 1. The molecule has 0 aliphatic carbocycles. The summed E-state index contributed by atoms with van der Waals surface area (Å²) in [5, 5.41) is 3.30. The third-order valence-electron chi connectivity index (χ3n) is 4.27. The molecule has 2 rings (SSSR count). The zero-order chi connectivity index (χ0) is 18.8. The van der Waals surface area contributed by atoms with Crippen molar-refractivity contribution in [1.29, 1.82) is 0 Å². The highest BCUT2D eigenvalue weighted by Gasteiger charge is 2.17. The van der Waals surface area contributed by atoms with E-state index >= 15 is 0 Å². The van der Waals surface area contributed by atoms with Crippen molar-refractivity contribution >= 4 is 29.4 Å². The van der Waals surface area contributed by atoms with E-state index in [2.05, 4.69) is 5.32 Å². The first-order valence-electron chi connectivity index (χ1n) is 9.03. The van der Waals surface area contributed by atoms with Crippen LogP contribution in [0.4, 0.5) is 0 Å². The molecule has 6 nitrogen and oxygen atoms in total. The van der Waals surface area contributed by atoms with E-state index in [1.54, 1.807) is 29.2 Å². The molecule has 0 atom stereocenters. The molecule has 0 aromatic heterocycles. The molecule has 0 unspecified atom stereocenters. The van der Waals surface area contributed by atoms with Crippen LogP contribution < -0.4 is 5.32 Å². The standard InChI is InChI=1S/C19H25ClN2O4/c20-16-9-7-15(8-10-16)19(25)21-11-5-6-18(24)26-14-17(23)22-12-3-1-2-4-13-22/h7-10H,1-6,11-14H2,(H,21,25). The van der Waals surface area contributed by atoms with Gasteiger partial charge in [0.25, 0.3) is 11.8 Å². The first-order chi connectivity index (χ1) is 12.6. The minimum Gasteiger partial charge on any atom is -0.456 e. The minimum atomic E-state index is -0.422. The van der Waals surface area contributed by atoms with E-state index in [0.29, 0.717) is 23.6 Å². The Balaban J connectivity index is 1.59. The highest BCUT2D eigenvalue weighted by molar-refractivity contribution is 6.30. The highest BCUT2D eigenvalue weighted by Crippen LogP contribution is 2.10. The van der Waals surface area contributed by atoms with Crippen molar-refractivity contribution in [1.82, 2.24) is 10.2 Å². The summed E-state index contributed by atoms with van der Waals surface area (Å²) >= 11 is 5.78. The Morgan fingerprint density at radius 1 is 1.04 bits per heavy atom. The van der Waals surface area contributed by atoms with Crippen molar-refractivity contribution in [3.8, 4) is 0 Å². The summed E-state index contributed by atoms with van der Waals surface area (Å²) in [4.78, 5) is 37.4. The highest BCUT2D eigenvalue weighted by atomic mass is 35.5. The summed E-state index contributed by atoms with van der Waals surface area (Å²) in [5.41, 5.74) is 0.514. The van der Waals surface area contributed by atoms with Gasteiger partial charge >= 0.3 is 5.97 Å². The molecule has 2 amide bonds. The zero-order valence-corrected chi connectivity index (χ0v) is 15.6. The maximum atomic E-state index is 12.0. The third kappa shape index (κ3) is 7.04. The lowest BCUT2D eigenvalue weighted by Gasteiger charge is -2.19. The van der Waals surface area contributed by atoms with Gasteiger partial charge in [-0.2, -0.15) is 0 Å². The molecule has 1 heterocycles. The molecular formula is C19H25ClN2O4. The predicted octanol–water partition coefficient (Wildman–Crippen LogP) is 2.80. The van der Waals surface area contributed by atoms with Crippen LogP contribution in [0.3, 0.4) is 0 Å². The van der Waals surface area contributed by atoms with Gasteiger partial charge in [-0.05, 0) is 43.5 Å². The molecule has 142 valence electrons. The molecule has 1 aromatic carbocycles. The molecule has 0 saturated carbocycles. The molecule has 1 aliphatic heterocycles. The quantitative estimate of drug-likeness (QED) is 0.583. The summed E-state index contributed by atoms with van der Waals surface area (Å²) in [5.74, 6) is -0.767. The number of halogens is 1. The number of esters is 1. The number of nitrogens with one attached hydrogen (secondary N) is 1. The van der Waals surface area contributed by atoms with E-state index in [4.69, 9.17) is 16.3 Å². The van der Waals surface area contributed by atoms with Gasteiger partial charge in [0, 0.05) is 36.6 Å². The Morgan fingerprint density at radius 3 is 2.35 bits per heavy atom. The van der Waals surface area contributed by atoms with Gasteiger partial charge in [0.15, 0.2) is 6.61 Å². The van der Waals surface area contributed by atoms with Crippen molar-refractivity contribution in [2.75, 3.05) is 26.2 Å². The van der Waals surface area contributed by atoms with Gasteiger partial charge in [-0.15, -0.1) is 0 Å². The summed E-state index contributed by atoms with van der Waals surface area (Å²) in [6, 6.07) is 6.57. The second-order valence-corrected chi connectivity index (χ2v) is 6.76. The second kappa shape index (κ2) is 10.8. The van der Waals surface area contributed by atoms with Crippen LogP contribution in [0.2, 0.25) is 5.02 Å². The van der Waals surface area contributed by atoms with E-state index in [0.717, 1.165) is 38.8 Å². The monoisotopic (exact) mass is 380 g/mol. The number of amides is 2. The van der Waals surface area contributed by atoms with Gasteiger partial charge in [0.05, 0.1) is 0 Å². The Morgan fingerprint density at radius 2 is 1.69 bits per heavy atom. The number of hydrogen-bond donors (Lipinski definition) is 1. The van der Waals surface area contributed by atoms with Gasteiger partial charge in [-0.1, -0.05) is 24.4 Å². The van der Waals surface area contributed by atoms with Gasteiger partial charge in [0.2, 0.25) is 0 Å². The summed E-state index contributed by atoms with van der Waals surface area (Å²) < 4.78 is 5.05. The molecule has 26 heavy (non-hydrogen) atoms. The third-order valence-corrected chi connectivity index (χ3v) is 4.52. The van der Waals surface area contributed by atoms with Crippen LogP contribution in [0.1, 0.15) is 48.9 Å². The molecule has 1 N–H and O–H groups in total. The van der Waals surface area contributed by atoms with Crippen molar-refractivity contribution in [2.45, 2.75) is 38.5 Å². The smallest absolute Gasteiger partial charge is 0.306 e. The lowest BCUT2D eigenvalue weighted by atomic mass is 10.2. The van der Waals surface area contributed by atoms with Crippen molar-refractivity contribution < 1.29 is 19.1 Å². The number of likely N-dealkylation sites (tertiary alicyclic amines) is 1. The number of carbonyl (C=O) groups excluding carboxylic acids is 3. The van der Waals surface area contributed by atoms with Crippen LogP contribution in [0.15, 0.2) is 24.3 Å². The fraction of sp³-hybridized carbons (Fsp3) is 0.526. The van der Waals surface area contributed by atoms with E-state index in [9.17, 15) is 14.4 Å². The van der Waals surface area contributed by atoms with Crippen molar-refractivity contribution in [3.05, 3.63) is 34.9 Å². The van der Waals surface area contributed by atoms with Gasteiger partial charge < -0.3 is 15.0 Å². The number of carbonyl (C=O) groups is 3. The van der Waals surface area contributed by atoms with Crippen LogP contribution in [0, 0.1) is 0 Å². The Labute approximate surface area is 158 Å². The van der Waals surface area contributed by atoms with E-state index in [1.165, 1.54) is 0 Å². The minimum absolute atomic E-state index is 0.128. The second-order valence-electron chi connectivity index (χ2n) is 6.32. The SMILES string of the molecule is O=C(CCCNC(=O)c1ccc(Cl)cc1)OCC(=O)N1CCCCCC1. The van der Waals surface area contributed by atoms with Crippen molar-refractivity contribution in [3.63, 3.8) is 0 Å². The molecule has 0 spiro atoms. The van der Waals surface area contributed by atoms with Crippen LogP contribution in [0.25, 0.3) is 0 Å². The maximum absolute atomic E-state index is 12.0. The Hall–Kier alpha value is -2.08. The molecule has 1 aliphatic rings. The molecule has 0 bridgehead atoms. The topological polar surface area (TPSA) is 75.7 Å². The largest absolute Gasteiger partial charge is 0.456 e. The maximum Gasteiger partial charge on any atom is 0.306 e. The van der Waals surface area contributed by atoms with Gasteiger partial charge in [-0.3, -0.25) is 14.4 Å². The molecule has 0 radical (unpaired) electrons. The van der Waals surface area contributed by atoms with E-state index in [1.807, 2.05) is 0 Å².